The predicted octanol–water partition coefficient (Wildman–Crippen LogP) is 2.65. The maximum absolute atomic E-state index is 12.2. The van der Waals surface area contributed by atoms with Crippen LogP contribution in [0.25, 0.3) is 0 Å². The number of pyridine rings is 1. The van der Waals surface area contributed by atoms with Crippen LogP contribution in [-0.2, 0) is 11.3 Å². The first kappa shape index (κ1) is 17.7. The number of halogens is 2. The van der Waals surface area contributed by atoms with Crippen molar-refractivity contribution in [2.45, 2.75) is 6.54 Å². The van der Waals surface area contributed by atoms with Gasteiger partial charge in [-0.25, -0.2) is 0 Å². The van der Waals surface area contributed by atoms with Gasteiger partial charge in [0.25, 0.3) is 11.8 Å². The summed E-state index contributed by atoms with van der Waals surface area (Å²) in [4.78, 5) is 29.9. The van der Waals surface area contributed by atoms with E-state index in [1.54, 1.807) is 35.4 Å². The van der Waals surface area contributed by atoms with Crippen molar-refractivity contribution < 1.29 is 14.3 Å². The molecule has 1 aliphatic rings. The Bertz CT molecular complexity index is 815. The quantitative estimate of drug-likeness (QED) is 0.819. The fraction of sp³-hybridized carbons (Fsp3) is 0.235. The number of hydrogen-bond acceptors (Lipinski definition) is 4. The molecule has 1 aromatic heterocycles. The highest BCUT2D eigenvalue weighted by Gasteiger charge is 2.21. The summed E-state index contributed by atoms with van der Waals surface area (Å²) in [6.07, 6.45) is 3.10. The average Bonchev–Trinajstić information content (AvgIpc) is 2.74. The number of carbonyl (C=O) groups is 2. The average molecular weight is 425 g/mol. The van der Waals surface area contributed by atoms with Crippen LogP contribution in [0, 0.1) is 0 Å². The van der Waals surface area contributed by atoms with E-state index in [4.69, 9.17) is 16.3 Å². The number of hydrogen-bond donors (Lipinski definition) is 1. The fourth-order valence-electron chi connectivity index (χ4n) is 2.48. The van der Waals surface area contributed by atoms with Crippen molar-refractivity contribution in [3.63, 3.8) is 0 Å². The predicted molar refractivity (Wildman–Crippen MR) is 96.6 cm³/mol. The van der Waals surface area contributed by atoms with Gasteiger partial charge in [-0.15, -0.1) is 0 Å². The molecule has 0 spiro atoms. The molecule has 2 heterocycles. The lowest BCUT2D eigenvalue weighted by Crippen LogP contribution is -2.39. The molecule has 8 heteroatoms. The lowest BCUT2D eigenvalue weighted by atomic mass is 10.2. The molecule has 0 aliphatic carbocycles. The SMILES string of the molecule is O=C(NCCN1Cc2cc(Cl)ccc2OCC1=O)c1cncc(Br)c1. The van der Waals surface area contributed by atoms with Gasteiger partial charge in [0.1, 0.15) is 5.75 Å². The van der Waals surface area contributed by atoms with E-state index >= 15 is 0 Å². The molecule has 6 nitrogen and oxygen atoms in total. The highest BCUT2D eigenvalue weighted by molar-refractivity contribution is 9.10. The van der Waals surface area contributed by atoms with E-state index in [2.05, 4.69) is 26.2 Å². The number of nitrogens with zero attached hydrogens (tertiary/aromatic N) is 2. The Morgan fingerprint density at radius 2 is 2.20 bits per heavy atom. The summed E-state index contributed by atoms with van der Waals surface area (Å²) in [5, 5.41) is 3.38. The van der Waals surface area contributed by atoms with Crippen LogP contribution in [0.2, 0.25) is 5.02 Å². The Kier molecular flexibility index (Phi) is 5.55. The smallest absolute Gasteiger partial charge is 0.260 e. The van der Waals surface area contributed by atoms with E-state index in [1.807, 2.05) is 0 Å². The van der Waals surface area contributed by atoms with Gasteiger partial charge in [-0.2, -0.15) is 0 Å². The van der Waals surface area contributed by atoms with Crippen LogP contribution in [0.15, 0.2) is 41.1 Å². The van der Waals surface area contributed by atoms with E-state index in [-0.39, 0.29) is 18.4 Å². The van der Waals surface area contributed by atoms with Crippen LogP contribution < -0.4 is 10.1 Å². The molecule has 0 fully saturated rings. The molecule has 3 rings (SSSR count). The molecule has 1 aliphatic heterocycles. The second kappa shape index (κ2) is 7.84. The molecular formula is C17H15BrClN3O3. The summed E-state index contributed by atoms with van der Waals surface area (Å²) in [5.41, 5.74) is 1.30. The first-order valence-electron chi connectivity index (χ1n) is 7.60. The second-order valence-corrected chi connectivity index (χ2v) is 6.86. The van der Waals surface area contributed by atoms with Gasteiger partial charge in [0.15, 0.2) is 6.61 Å². The van der Waals surface area contributed by atoms with Gasteiger partial charge in [-0.3, -0.25) is 14.6 Å². The molecule has 0 saturated carbocycles. The number of rotatable bonds is 4. The number of carbonyl (C=O) groups excluding carboxylic acids is 2. The van der Waals surface area contributed by atoms with Crippen molar-refractivity contribution in [2.24, 2.45) is 0 Å². The summed E-state index contributed by atoms with van der Waals surface area (Å²) in [6, 6.07) is 6.96. The van der Waals surface area contributed by atoms with Gasteiger partial charge < -0.3 is 15.0 Å². The highest BCUT2D eigenvalue weighted by atomic mass is 79.9. The Balaban J connectivity index is 1.60. The molecule has 0 bridgehead atoms. The van der Waals surface area contributed by atoms with Crippen molar-refractivity contribution in [1.82, 2.24) is 15.2 Å². The Labute approximate surface area is 158 Å². The van der Waals surface area contributed by atoms with E-state index < -0.39 is 0 Å². The molecule has 0 saturated heterocycles. The third-order valence-corrected chi connectivity index (χ3v) is 4.39. The first-order chi connectivity index (χ1) is 12.0. The number of aromatic nitrogens is 1. The molecule has 0 radical (unpaired) electrons. The largest absolute Gasteiger partial charge is 0.483 e. The summed E-state index contributed by atoms with van der Waals surface area (Å²) < 4.78 is 6.24. The van der Waals surface area contributed by atoms with Gasteiger partial charge in [-0.1, -0.05) is 11.6 Å². The first-order valence-corrected chi connectivity index (χ1v) is 8.78. The van der Waals surface area contributed by atoms with Crippen molar-refractivity contribution in [3.05, 3.63) is 57.3 Å². The lowest BCUT2D eigenvalue weighted by molar-refractivity contribution is -0.133. The van der Waals surface area contributed by atoms with Crippen LogP contribution >= 0.6 is 27.5 Å². The van der Waals surface area contributed by atoms with Crippen LogP contribution in [0.4, 0.5) is 0 Å². The number of ether oxygens (including phenoxy) is 1. The minimum absolute atomic E-state index is 0.0296. The third-order valence-electron chi connectivity index (χ3n) is 3.72. The third kappa shape index (κ3) is 4.49. The molecule has 2 aromatic rings. The molecule has 130 valence electrons. The second-order valence-electron chi connectivity index (χ2n) is 5.50. The Morgan fingerprint density at radius 1 is 1.36 bits per heavy atom. The van der Waals surface area contributed by atoms with Gasteiger partial charge in [-0.05, 0) is 40.2 Å². The monoisotopic (exact) mass is 423 g/mol. The Morgan fingerprint density at radius 3 is 3.00 bits per heavy atom. The minimum atomic E-state index is -0.240. The van der Waals surface area contributed by atoms with Crippen LogP contribution in [-0.4, -0.2) is 41.4 Å². The van der Waals surface area contributed by atoms with Gasteiger partial charge in [0, 0.05) is 47.1 Å². The van der Waals surface area contributed by atoms with Crippen LogP contribution in [0.5, 0.6) is 5.75 Å². The summed E-state index contributed by atoms with van der Waals surface area (Å²) in [5.74, 6) is 0.283. The molecule has 2 amide bonds. The van der Waals surface area contributed by atoms with Gasteiger partial charge in [0.2, 0.25) is 0 Å². The van der Waals surface area contributed by atoms with Gasteiger partial charge in [0.05, 0.1) is 5.56 Å². The van der Waals surface area contributed by atoms with E-state index in [9.17, 15) is 9.59 Å². The zero-order valence-corrected chi connectivity index (χ0v) is 15.5. The normalized spacial score (nSPS) is 13.7. The van der Waals surface area contributed by atoms with Gasteiger partial charge >= 0.3 is 0 Å². The van der Waals surface area contributed by atoms with Crippen molar-refractivity contribution in [2.75, 3.05) is 19.7 Å². The summed E-state index contributed by atoms with van der Waals surface area (Å²) in [7, 11) is 0. The molecule has 25 heavy (non-hydrogen) atoms. The lowest BCUT2D eigenvalue weighted by Gasteiger charge is -2.20. The number of benzene rings is 1. The van der Waals surface area contributed by atoms with Crippen molar-refractivity contribution in [1.29, 1.82) is 0 Å². The zero-order valence-electron chi connectivity index (χ0n) is 13.2. The molecule has 0 atom stereocenters. The molecular weight excluding hydrogens is 410 g/mol. The summed E-state index contributed by atoms with van der Waals surface area (Å²) >= 11 is 9.29. The minimum Gasteiger partial charge on any atom is -0.483 e. The Hall–Kier alpha value is -2.12. The van der Waals surface area contributed by atoms with Crippen molar-refractivity contribution in [3.8, 4) is 5.75 Å². The standard InChI is InChI=1S/C17H15BrClN3O3/c18-13-5-11(7-20-8-13)17(24)21-3-4-22-9-12-6-14(19)1-2-15(12)25-10-16(22)23/h1-2,5-8H,3-4,9-10H2,(H,21,24). The topological polar surface area (TPSA) is 71.5 Å². The van der Waals surface area contributed by atoms with E-state index in [0.29, 0.717) is 36.0 Å². The maximum Gasteiger partial charge on any atom is 0.260 e. The maximum atomic E-state index is 12.2. The highest BCUT2D eigenvalue weighted by Crippen LogP contribution is 2.26. The molecule has 1 N–H and O–H groups in total. The number of nitrogens with one attached hydrogen (secondary N) is 1. The van der Waals surface area contributed by atoms with Crippen LogP contribution in [0.1, 0.15) is 15.9 Å². The number of amides is 2. The summed E-state index contributed by atoms with van der Waals surface area (Å²) in [6.45, 7) is 1.06. The molecule has 0 unspecified atom stereocenters. The van der Waals surface area contributed by atoms with E-state index in [1.165, 1.54) is 6.20 Å². The number of fused-ring (bicyclic) bond motifs is 1. The fourth-order valence-corrected chi connectivity index (χ4v) is 3.04. The van der Waals surface area contributed by atoms with Crippen LogP contribution in [0.3, 0.4) is 0 Å². The zero-order chi connectivity index (χ0) is 17.8. The van der Waals surface area contributed by atoms with E-state index in [0.717, 1.165) is 10.0 Å². The molecule has 1 aromatic carbocycles. The van der Waals surface area contributed by atoms with Crippen molar-refractivity contribution >= 4 is 39.3 Å².